The molecule has 1 unspecified atom stereocenters. The van der Waals surface area contributed by atoms with Crippen molar-refractivity contribution in [3.8, 4) is 0 Å². The number of rotatable bonds is 5. The Kier molecular flexibility index (Phi) is 4.70. The number of likely N-dealkylation sites (tertiary alicyclic amines) is 1. The Morgan fingerprint density at radius 2 is 2.05 bits per heavy atom. The Balaban J connectivity index is 2.20. The van der Waals surface area contributed by atoms with E-state index >= 15 is 0 Å². The van der Waals surface area contributed by atoms with E-state index in [9.17, 15) is 9.18 Å². The fourth-order valence-corrected chi connectivity index (χ4v) is 2.80. The summed E-state index contributed by atoms with van der Waals surface area (Å²) in [6.45, 7) is 5.83. The molecule has 1 fully saturated rings. The van der Waals surface area contributed by atoms with Gasteiger partial charge in [0.2, 0.25) is 0 Å². The van der Waals surface area contributed by atoms with Crippen LogP contribution in [0, 0.1) is 12.7 Å². The Morgan fingerprint density at radius 3 is 2.63 bits per heavy atom. The summed E-state index contributed by atoms with van der Waals surface area (Å²) in [5, 5.41) is 0. The summed E-state index contributed by atoms with van der Waals surface area (Å²) in [5.41, 5.74) is 1.19. The van der Waals surface area contributed by atoms with Crippen LogP contribution in [0.5, 0.6) is 0 Å². The highest BCUT2D eigenvalue weighted by atomic mass is 19.1. The van der Waals surface area contributed by atoms with Crippen molar-refractivity contribution in [2.24, 2.45) is 0 Å². The zero-order valence-electron chi connectivity index (χ0n) is 11.8. The molecule has 0 aliphatic carbocycles. The number of aryl methyl sites for hydroxylation is 1. The van der Waals surface area contributed by atoms with Crippen molar-refractivity contribution < 1.29 is 9.18 Å². The summed E-state index contributed by atoms with van der Waals surface area (Å²) >= 11 is 0. The van der Waals surface area contributed by atoms with Crippen molar-refractivity contribution in [1.82, 2.24) is 4.90 Å². The lowest BCUT2D eigenvalue weighted by molar-refractivity contribution is 0.0837. The topological polar surface area (TPSA) is 20.3 Å². The van der Waals surface area contributed by atoms with E-state index < -0.39 is 0 Å². The van der Waals surface area contributed by atoms with Gasteiger partial charge in [-0.25, -0.2) is 4.39 Å². The van der Waals surface area contributed by atoms with Crippen molar-refractivity contribution >= 4 is 5.78 Å². The van der Waals surface area contributed by atoms with Gasteiger partial charge < -0.3 is 0 Å². The standard InChI is InChI=1S/C16H22FNO/c1-3-6-15(18-9-4-5-10-18)16(19)13-7-8-14(17)12(2)11-13/h7-8,11,15H,3-6,9-10H2,1-2H3. The van der Waals surface area contributed by atoms with Gasteiger partial charge in [-0.15, -0.1) is 0 Å². The number of carbonyl (C=O) groups excluding carboxylic acids is 1. The fraction of sp³-hybridized carbons (Fsp3) is 0.562. The SMILES string of the molecule is CCCC(C(=O)c1ccc(F)c(C)c1)N1CCCC1. The summed E-state index contributed by atoms with van der Waals surface area (Å²) in [4.78, 5) is 14.9. The predicted octanol–water partition coefficient (Wildman–Crippen LogP) is 3.58. The molecule has 2 nitrogen and oxygen atoms in total. The maximum atomic E-state index is 13.3. The van der Waals surface area contributed by atoms with E-state index in [0.717, 1.165) is 25.9 Å². The highest BCUT2D eigenvalue weighted by Gasteiger charge is 2.28. The first-order chi connectivity index (χ1) is 9.13. The molecule has 1 heterocycles. The number of Topliss-reactive ketones (excluding diaryl/α,β-unsaturated/α-hetero) is 1. The van der Waals surface area contributed by atoms with Crippen LogP contribution in [0.4, 0.5) is 4.39 Å². The average molecular weight is 263 g/mol. The van der Waals surface area contributed by atoms with Gasteiger partial charge in [0.05, 0.1) is 6.04 Å². The van der Waals surface area contributed by atoms with Crippen molar-refractivity contribution in [3.63, 3.8) is 0 Å². The molecule has 0 N–H and O–H groups in total. The average Bonchev–Trinajstić information content (AvgIpc) is 2.92. The Hall–Kier alpha value is -1.22. The fourth-order valence-electron chi connectivity index (χ4n) is 2.80. The number of carbonyl (C=O) groups is 1. The van der Waals surface area contributed by atoms with Crippen LogP contribution in [-0.2, 0) is 0 Å². The minimum atomic E-state index is -0.246. The van der Waals surface area contributed by atoms with Crippen LogP contribution in [0.15, 0.2) is 18.2 Å². The molecule has 0 spiro atoms. The summed E-state index contributed by atoms with van der Waals surface area (Å²) < 4.78 is 13.3. The molecule has 1 aromatic carbocycles. The van der Waals surface area contributed by atoms with E-state index in [0.29, 0.717) is 11.1 Å². The molecule has 0 aromatic heterocycles. The smallest absolute Gasteiger partial charge is 0.179 e. The Morgan fingerprint density at radius 1 is 1.37 bits per heavy atom. The third kappa shape index (κ3) is 3.21. The molecule has 1 aliphatic heterocycles. The number of benzene rings is 1. The largest absolute Gasteiger partial charge is 0.293 e. The molecule has 0 radical (unpaired) electrons. The van der Waals surface area contributed by atoms with Gasteiger partial charge in [-0.1, -0.05) is 13.3 Å². The molecule has 0 saturated carbocycles. The second-order valence-corrected chi connectivity index (χ2v) is 5.38. The molecule has 104 valence electrons. The van der Waals surface area contributed by atoms with Crippen molar-refractivity contribution in [2.45, 2.75) is 45.6 Å². The Bertz CT molecular complexity index is 452. The number of halogens is 1. The lowest BCUT2D eigenvalue weighted by Crippen LogP contribution is -2.39. The first kappa shape index (κ1) is 14.2. The third-order valence-electron chi connectivity index (χ3n) is 3.89. The van der Waals surface area contributed by atoms with Gasteiger partial charge in [-0.05, 0) is 63.0 Å². The van der Waals surface area contributed by atoms with Crippen LogP contribution in [-0.4, -0.2) is 29.8 Å². The van der Waals surface area contributed by atoms with Gasteiger partial charge in [-0.3, -0.25) is 9.69 Å². The molecule has 3 heteroatoms. The number of nitrogens with zero attached hydrogens (tertiary/aromatic N) is 1. The van der Waals surface area contributed by atoms with E-state index in [-0.39, 0.29) is 17.6 Å². The quantitative estimate of drug-likeness (QED) is 0.757. The van der Waals surface area contributed by atoms with Gasteiger partial charge in [-0.2, -0.15) is 0 Å². The van der Waals surface area contributed by atoms with Crippen LogP contribution in [0.2, 0.25) is 0 Å². The second-order valence-electron chi connectivity index (χ2n) is 5.38. The number of ketones is 1. The minimum Gasteiger partial charge on any atom is -0.293 e. The molecule has 2 rings (SSSR count). The van der Waals surface area contributed by atoms with Crippen molar-refractivity contribution in [1.29, 1.82) is 0 Å². The molecule has 19 heavy (non-hydrogen) atoms. The van der Waals surface area contributed by atoms with Crippen LogP contribution in [0.25, 0.3) is 0 Å². The van der Waals surface area contributed by atoms with Crippen LogP contribution in [0.3, 0.4) is 0 Å². The van der Waals surface area contributed by atoms with Gasteiger partial charge in [0.15, 0.2) is 5.78 Å². The molecular formula is C16H22FNO. The second kappa shape index (κ2) is 6.29. The van der Waals surface area contributed by atoms with Crippen molar-refractivity contribution in [2.75, 3.05) is 13.1 Å². The van der Waals surface area contributed by atoms with Crippen LogP contribution in [0.1, 0.15) is 48.5 Å². The summed E-state index contributed by atoms with van der Waals surface area (Å²) in [6, 6.07) is 4.66. The normalized spacial score (nSPS) is 17.6. The summed E-state index contributed by atoms with van der Waals surface area (Å²) in [7, 11) is 0. The van der Waals surface area contributed by atoms with E-state index in [1.165, 1.54) is 18.9 Å². The molecule has 1 aliphatic rings. The minimum absolute atomic E-state index is 0.0302. The van der Waals surface area contributed by atoms with E-state index in [1.54, 1.807) is 19.1 Å². The molecule has 1 aromatic rings. The number of hydrogen-bond acceptors (Lipinski definition) is 2. The zero-order valence-corrected chi connectivity index (χ0v) is 11.8. The molecule has 0 bridgehead atoms. The zero-order chi connectivity index (χ0) is 13.8. The van der Waals surface area contributed by atoms with Crippen molar-refractivity contribution in [3.05, 3.63) is 35.1 Å². The highest BCUT2D eigenvalue weighted by molar-refractivity contribution is 6.00. The highest BCUT2D eigenvalue weighted by Crippen LogP contribution is 2.20. The van der Waals surface area contributed by atoms with Gasteiger partial charge >= 0.3 is 0 Å². The first-order valence-electron chi connectivity index (χ1n) is 7.18. The van der Waals surface area contributed by atoms with Gasteiger partial charge in [0.25, 0.3) is 0 Å². The molecule has 1 saturated heterocycles. The maximum absolute atomic E-state index is 13.3. The van der Waals surface area contributed by atoms with Gasteiger partial charge in [0, 0.05) is 5.56 Å². The molecular weight excluding hydrogens is 241 g/mol. The maximum Gasteiger partial charge on any atom is 0.179 e. The summed E-state index contributed by atoms with van der Waals surface area (Å²) in [6.07, 6.45) is 4.23. The lowest BCUT2D eigenvalue weighted by atomic mass is 9.98. The lowest BCUT2D eigenvalue weighted by Gasteiger charge is -2.26. The van der Waals surface area contributed by atoms with E-state index in [4.69, 9.17) is 0 Å². The van der Waals surface area contributed by atoms with Gasteiger partial charge in [0.1, 0.15) is 5.82 Å². The molecule has 1 atom stereocenters. The predicted molar refractivity (Wildman–Crippen MR) is 75.0 cm³/mol. The van der Waals surface area contributed by atoms with Crippen LogP contribution < -0.4 is 0 Å². The molecule has 0 amide bonds. The van der Waals surface area contributed by atoms with Crippen LogP contribution >= 0.6 is 0 Å². The third-order valence-corrected chi connectivity index (χ3v) is 3.89. The van der Waals surface area contributed by atoms with E-state index in [2.05, 4.69) is 11.8 Å². The Labute approximate surface area is 114 Å². The first-order valence-corrected chi connectivity index (χ1v) is 7.18. The summed E-state index contributed by atoms with van der Waals surface area (Å²) in [5.74, 6) is -0.100. The monoisotopic (exact) mass is 263 g/mol. The van der Waals surface area contributed by atoms with E-state index in [1.807, 2.05) is 0 Å². The number of hydrogen-bond donors (Lipinski definition) is 0.